The van der Waals surface area contributed by atoms with Crippen molar-refractivity contribution in [2.24, 2.45) is 0 Å². The number of thiazole rings is 1. The number of fused-ring (bicyclic) bond motifs is 1. The van der Waals surface area contributed by atoms with Gasteiger partial charge in [0.2, 0.25) is 0 Å². The summed E-state index contributed by atoms with van der Waals surface area (Å²) in [4.78, 5) is 18.9. The van der Waals surface area contributed by atoms with Crippen LogP contribution in [0.5, 0.6) is 0 Å². The molecule has 0 N–H and O–H groups in total. The van der Waals surface area contributed by atoms with E-state index in [1.165, 1.54) is 28.3 Å². The van der Waals surface area contributed by atoms with Gasteiger partial charge >= 0.3 is 0 Å². The molecule has 3 aromatic rings. The normalized spacial score (nSPS) is 16.8. The van der Waals surface area contributed by atoms with Crippen molar-refractivity contribution < 1.29 is 9.53 Å². The van der Waals surface area contributed by atoms with E-state index in [2.05, 4.69) is 29.5 Å². The third-order valence-electron chi connectivity index (χ3n) is 5.45. The van der Waals surface area contributed by atoms with Crippen molar-refractivity contribution in [3.63, 3.8) is 0 Å². The van der Waals surface area contributed by atoms with Gasteiger partial charge in [0.15, 0.2) is 4.47 Å². The van der Waals surface area contributed by atoms with Gasteiger partial charge in [-0.1, -0.05) is 11.6 Å². The van der Waals surface area contributed by atoms with Crippen LogP contribution in [0.15, 0.2) is 24.3 Å². The fourth-order valence-corrected chi connectivity index (χ4v) is 4.95. The molecule has 4 rings (SSSR count). The molecule has 1 fully saturated rings. The van der Waals surface area contributed by atoms with Crippen LogP contribution in [0, 0.1) is 13.8 Å². The molecule has 1 atom stereocenters. The third kappa shape index (κ3) is 3.81. The van der Waals surface area contributed by atoms with Gasteiger partial charge in [0, 0.05) is 43.7 Å². The number of hydrogen-bond acceptors (Lipinski definition) is 4. The van der Waals surface area contributed by atoms with Crippen LogP contribution < -0.4 is 0 Å². The average Bonchev–Trinajstić information content (AvgIpc) is 3.36. The maximum Gasteiger partial charge on any atom is 0.253 e. The second-order valence-corrected chi connectivity index (χ2v) is 9.07. The molecule has 2 aromatic heterocycles. The lowest BCUT2D eigenvalue weighted by molar-refractivity contribution is 0.0784. The van der Waals surface area contributed by atoms with Crippen molar-refractivity contribution in [2.45, 2.75) is 45.9 Å². The molecule has 0 bridgehead atoms. The lowest BCUT2D eigenvalue weighted by Crippen LogP contribution is -2.26. The van der Waals surface area contributed by atoms with Crippen LogP contribution in [0.1, 0.15) is 40.2 Å². The first-order chi connectivity index (χ1) is 13.4. The zero-order valence-electron chi connectivity index (χ0n) is 16.4. The molecule has 0 aliphatic carbocycles. The van der Waals surface area contributed by atoms with E-state index in [-0.39, 0.29) is 5.91 Å². The van der Waals surface area contributed by atoms with Crippen LogP contribution in [0.2, 0.25) is 4.47 Å². The van der Waals surface area contributed by atoms with E-state index in [9.17, 15) is 4.79 Å². The van der Waals surface area contributed by atoms with Crippen molar-refractivity contribution in [3.05, 3.63) is 51.2 Å². The van der Waals surface area contributed by atoms with Crippen LogP contribution in [0.25, 0.3) is 10.2 Å². The molecule has 3 heterocycles. The molecule has 5 nitrogen and oxygen atoms in total. The predicted molar refractivity (Wildman–Crippen MR) is 113 cm³/mol. The van der Waals surface area contributed by atoms with E-state index in [1.54, 1.807) is 4.90 Å². The molecule has 1 aliphatic heterocycles. The second kappa shape index (κ2) is 7.85. The minimum atomic E-state index is -0.00430. The van der Waals surface area contributed by atoms with Crippen molar-refractivity contribution in [1.82, 2.24) is 14.5 Å². The van der Waals surface area contributed by atoms with Crippen molar-refractivity contribution >= 4 is 39.1 Å². The van der Waals surface area contributed by atoms with Crippen molar-refractivity contribution in [3.8, 4) is 0 Å². The van der Waals surface area contributed by atoms with E-state index in [0.717, 1.165) is 36.2 Å². The zero-order valence-corrected chi connectivity index (χ0v) is 17.9. The standard InChI is InChI=1S/C21H24ClN3O2S/c1-13-9-16(14(2)25(13)12-17-5-4-8-27-17)11-24(3)20(26)15-6-7-18-19(10-15)28-21(22)23-18/h6-7,9-10,17H,4-5,8,11-12H2,1-3H3/t17-/m0/s1. The predicted octanol–water partition coefficient (Wildman–Crippen LogP) is 4.82. The van der Waals surface area contributed by atoms with Crippen LogP contribution in [-0.4, -0.2) is 40.1 Å². The highest BCUT2D eigenvalue weighted by atomic mass is 35.5. The highest BCUT2D eigenvalue weighted by Crippen LogP contribution is 2.27. The van der Waals surface area contributed by atoms with Crippen molar-refractivity contribution in [2.75, 3.05) is 13.7 Å². The maximum atomic E-state index is 12.9. The molecule has 148 valence electrons. The molecular formula is C21H24ClN3O2S. The Bertz CT molecular complexity index is 1020. The monoisotopic (exact) mass is 417 g/mol. The Morgan fingerprint density at radius 1 is 1.39 bits per heavy atom. The molecule has 7 heteroatoms. The van der Waals surface area contributed by atoms with E-state index in [0.29, 0.717) is 22.7 Å². The van der Waals surface area contributed by atoms with Gasteiger partial charge in [0.05, 0.1) is 16.3 Å². The first-order valence-corrected chi connectivity index (χ1v) is 10.7. The van der Waals surface area contributed by atoms with Gasteiger partial charge in [0.25, 0.3) is 5.91 Å². The Hall–Kier alpha value is -1.89. The number of amides is 1. The Labute approximate surface area is 173 Å². The Balaban J connectivity index is 1.50. The number of carbonyl (C=O) groups excluding carboxylic acids is 1. The Morgan fingerprint density at radius 3 is 2.96 bits per heavy atom. The molecule has 0 saturated carbocycles. The number of aromatic nitrogens is 2. The van der Waals surface area contributed by atoms with Gasteiger partial charge in [0.1, 0.15) is 0 Å². The summed E-state index contributed by atoms with van der Waals surface area (Å²) in [6.07, 6.45) is 2.56. The summed E-state index contributed by atoms with van der Waals surface area (Å²) in [5, 5.41) is 0. The quantitative estimate of drug-likeness (QED) is 0.598. The van der Waals surface area contributed by atoms with Gasteiger partial charge in [-0.2, -0.15) is 0 Å². The Kier molecular flexibility index (Phi) is 5.45. The minimum Gasteiger partial charge on any atom is -0.376 e. The van der Waals surface area contributed by atoms with E-state index >= 15 is 0 Å². The fraction of sp³-hybridized carbons (Fsp3) is 0.429. The first-order valence-electron chi connectivity index (χ1n) is 9.51. The van der Waals surface area contributed by atoms with Gasteiger partial charge in [-0.15, -0.1) is 11.3 Å². The van der Waals surface area contributed by atoms with Gasteiger partial charge in [-0.3, -0.25) is 4.79 Å². The van der Waals surface area contributed by atoms with Crippen LogP contribution in [-0.2, 0) is 17.8 Å². The van der Waals surface area contributed by atoms with Gasteiger partial charge in [-0.05, 0) is 56.5 Å². The third-order valence-corrected chi connectivity index (χ3v) is 6.57. The van der Waals surface area contributed by atoms with Crippen LogP contribution in [0.3, 0.4) is 0 Å². The summed E-state index contributed by atoms with van der Waals surface area (Å²) in [5.74, 6) is -0.00430. The number of carbonyl (C=O) groups is 1. The summed E-state index contributed by atoms with van der Waals surface area (Å²) in [7, 11) is 1.85. The van der Waals surface area contributed by atoms with Crippen molar-refractivity contribution in [1.29, 1.82) is 0 Å². The van der Waals surface area contributed by atoms with E-state index in [4.69, 9.17) is 16.3 Å². The lowest BCUT2D eigenvalue weighted by atomic mass is 10.1. The molecular weight excluding hydrogens is 394 g/mol. The molecule has 1 aromatic carbocycles. The SMILES string of the molecule is Cc1cc(CN(C)C(=O)c2ccc3nc(Cl)sc3c2)c(C)n1C[C@@H]1CCCO1. The lowest BCUT2D eigenvalue weighted by Gasteiger charge is -2.18. The zero-order chi connectivity index (χ0) is 19.8. The Morgan fingerprint density at radius 2 is 2.21 bits per heavy atom. The second-order valence-electron chi connectivity index (χ2n) is 7.45. The largest absolute Gasteiger partial charge is 0.376 e. The fourth-order valence-electron chi connectivity index (χ4n) is 3.88. The highest BCUT2D eigenvalue weighted by Gasteiger charge is 2.20. The van der Waals surface area contributed by atoms with Crippen LogP contribution >= 0.6 is 22.9 Å². The maximum absolute atomic E-state index is 12.9. The number of benzene rings is 1. The number of aryl methyl sites for hydroxylation is 1. The smallest absolute Gasteiger partial charge is 0.253 e. The van der Waals surface area contributed by atoms with Gasteiger partial charge < -0.3 is 14.2 Å². The first kappa shape index (κ1) is 19.4. The summed E-state index contributed by atoms with van der Waals surface area (Å²) >= 11 is 7.37. The highest BCUT2D eigenvalue weighted by molar-refractivity contribution is 7.22. The van der Waals surface area contributed by atoms with E-state index < -0.39 is 0 Å². The molecule has 1 amide bonds. The molecule has 1 aliphatic rings. The topological polar surface area (TPSA) is 47.4 Å². The number of ether oxygens (including phenoxy) is 1. The number of rotatable bonds is 5. The van der Waals surface area contributed by atoms with E-state index in [1.807, 2.05) is 25.2 Å². The molecule has 0 unspecified atom stereocenters. The summed E-state index contributed by atoms with van der Waals surface area (Å²) in [6, 6.07) is 7.73. The minimum absolute atomic E-state index is 0.00430. The number of hydrogen-bond donors (Lipinski definition) is 0. The summed E-state index contributed by atoms with van der Waals surface area (Å²) in [5.41, 5.74) is 5.07. The molecule has 1 saturated heterocycles. The average molecular weight is 418 g/mol. The molecule has 28 heavy (non-hydrogen) atoms. The molecule has 0 radical (unpaired) electrons. The summed E-state index contributed by atoms with van der Waals surface area (Å²) < 4.78 is 9.53. The number of nitrogens with zero attached hydrogens (tertiary/aromatic N) is 3. The van der Waals surface area contributed by atoms with Gasteiger partial charge in [-0.25, -0.2) is 4.98 Å². The summed E-state index contributed by atoms with van der Waals surface area (Å²) in [6.45, 7) is 6.57. The molecule has 0 spiro atoms. The number of halogens is 1. The van der Waals surface area contributed by atoms with Crippen LogP contribution in [0.4, 0.5) is 0 Å².